The average Bonchev–Trinajstić information content (AvgIpc) is 2.85. The second-order valence-corrected chi connectivity index (χ2v) is 5.07. The smallest absolute Gasteiger partial charge is 0.372 e. The molecular weight excluding hydrogens is 254 g/mol. The number of carbonyl (C=O) groups is 1. The summed E-state index contributed by atoms with van der Waals surface area (Å²) in [5.74, 6) is -0.966. The van der Waals surface area contributed by atoms with E-state index in [9.17, 15) is 9.90 Å². The van der Waals surface area contributed by atoms with Crippen LogP contribution in [0.15, 0.2) is 40.8 Å². The van der Waals surface area contributed by atoms with E-state index < -0.39 is 5.97 Å². The molecule has 1 heterocycles. The first-order chi connectivity index (χ1) is 9.75. The van der Waals surface area contributed by atoms with Gasteiger partial charge in [0.2, 0.25) is 5.76 Å². The number of hydrogen-bond acceptors (Lipinski definition) is 3. The van der Waals surface area contributed by atoms with Crippen LogP contribution in [0.2, 0.25) is 0 Å². The van der Waals surface area contributed by atoms with Crippen molar-refractivity contribution in [2.75, 3.05) is 0 Å². The largest absolute Gasteiger partial charge is 0.475 e. The highest BCUT2D eigenvalue weighted by atomic mass is 16.4. The predicted molar refractivity (Wildman–Crippen MR) is 76.8 cm³/mol. The van der Waals surface area contributed by atoms with Crippen molar-refractivity contribution in [2.24, 2.45) is 0 Å². The third-order valence-corrected chi connectivity index (χ3v) is 3.73. The van der Waals surface area contributed by atoms with Gasteiger partial charge < -0.3 is 14.8 Å². The molecule has 20 heavy (non-hydrogen) atoms. The summed E-state index contributed by atoms with van der Waals surface area (Å²) in [6.07, 6.45) is 7.53. The van der Waals surface area contributed by atoms with E-state index in [0.29, 0.717) is 18.2 Å². The number of benzene rings is 1. The molecule has 1 aromatic heterocycles. The van der Waals surface area contributed by atoms with Gasteiger partial charge in [-0.2, -0.15) is 0 Å². The Bertz CT molecular complexity index is 657. The van der Waals surface area contributed by atoms with Crippen LogP contribution in [0, 0.1) is 0 Å². The van der Waals surface area contributed by atoms with Crippen molar-refractivity contribution in [3.05, 3.63) is 47.7 Å². The first kappa shape index (κ1) is 12.9. The van der Waals surface area contributed by atoms with Gasteiger partial charge in [0, 0.05) is 23.5 Å². The first-order valence-electron chi connectivity index (χ1n) is 6.88. The van der Waals surface area contributed by atoms with Gasteiger partial charge in [-0.1, -0.05) is 30.4 Å². The zero-order valence-electron chi connectivity index (χ0n) is 11.1. The maximum absolute atomic E-state index is 11.3. The number of hydrogen-bond donors (Lipinski definition) is 2. The topological polar surface area (TPSA) is 62.5 Å². The van der Waals surface area contributed by atoms with E-state index >= 15 is 0 Å². The van der Waals surface area contributed by atoms with E-state index in [4.69, 9.17) is 4.42 Å². The molecule has 0 bridgehead atoms. The van der Waals surface area contributed by atoms with E-state index in [1.807, 2.05) is 18.2 Å². The summed E-state index contributed by atoms with van der Waals surface area (Å²) in [6.45, 7) is 0.525. The fourth-order valence-electron chi connectivity index (χ4n) is 2.67. The van der Waals surface area contributed by atoms with Crippen LogP contribution >= 0.6 is 0 Å². The molecule has 0 radical (unpaired) electrons. The van der Waals surface area contributed by atoms with Gasteiger partial charge in [0.25, 0.3) is 0 Å². The number of carboxylic acids is 1. The highest BCUT2D eigenvalue weighted by Crippen LogP contribution is 2.26. The minimum absolute atomic E-state index is 0.0463. The van der Waals surface area contributed by atoms with Crippen molar-refractivity contribution in [1.29, 1.82) is 0 Å². The molecule has 2 aromatic rings. The van der Waals surface area contributed by atoms with Crippen LogP contribution in [0.3, 0.4) is 0 Å². The van der Waals surface area contributed by atoms with E-state index in [0.717, 1.165) is 30.2 Å². The minimum Gasteiger partial charge on any atom is -0.475 e. The third kappa shape index (κ3) is 2.47. The average molecular weight is 271 g/mol. The number of fused-ring (bicyclic) bond motifs is 1. The SMILES string of the molecule is O=C(O)c1oc2ccccc2c1CNC1CC=CCC1. The normalized spacial score (nSPS) is 18.5. The van der Waals surface area contributed by atoms with E-state index in [1.54, 1.807) is 6.07 Å². The lowest BCUT2D eigenvalue weighted by Gasteiger charge is -2.19. The fraction of sp³-hybridized carbons (Fsp3) is 0.312. The molecule has 1 aliphatic rings. The number of aromatic carboxylic acids is 1. The van der Waals surface area contributed by atoms with Crippen molar-refractivity contribution in [3.63, 3.8) is 0 Å². The Labute approximate surface area is 117 Å². The van der Waals surface area contributed by atoms with Gasteiger partial charge in [-0.25, -0.2) is 4.79 Å². The van der Waals surface area contributed by atoms with Gasteiger partial charge in [-0.05, 0) is 25.3 Å². The minimum atomic E-state index is -1.01. The van der Waals surface area contributed by atoms with Gasteiger partial charge in [0.1, 0.15) is 5.58 Å². The van der Waals surface area contributed by atoms with Gasteiger partial charge in [0.05, 0.1) is 0 Å². The van der Waals surface area contributed by atoms with Gasteiger partial charge in [0.15, 0.2) is 0 Å². The molecule has 4 heteroatoms. The monoisotopic (exact) mass is 271 g/mol. The Hall–Kier alpha value is -2.07. The third-order valence-electron chi connectivity index (χ3n) is 3.73. The molecule has 4 nitrogen and oxygen atoms in total. The van der Waals surface area contributed by atoms with Gasteiger partial charge in [-0.15, -0.1) is 0 Å². The number of carboxylic acid groups (broad SMARTS) is 1. The number of para-hydroxylation sites is 1. The standard InChI is InChI=1S/C16H17NO3/c18-16(19)15-13(10-17-11-6-2-1-3-7-11)12-8-4-5-9-14(12)20-15/h1-2,4-5,8-9,11,17H,3,6-7,10H2,(H,18,19). The summed E-state index contributed by atoms with van der Waals surface area (Å²) in [7, 11) is 0. The molecule has 0 fully saturated rings. The molecule has 104 valence electrons. The van der Waals surface area contributed by atoms with Crippen LogP contribution < -0.4 is 5.32 Å². The number of allylic oxidation sites excluding steroid dienone is 1. The fourth-order valence-corrected chi connectivity index (χ4v) is 2.67. The summed E-state index contributed by atoms with van der Waals surface area (Å²) < 4.78 is 5.45. The van der Waals surface area contributed by atoms with Gasteiger partial charge >= 0.3 is 5.97 Å². The molecule has 1 unspecified atom stereocenters. The second kappa shape index (κ2) is 5.51. The van der Waals surface area contributed by atoms with E-state index in [2.05, 4.69) is 17.5 Å². The number of nitrogens with one attached hydrogen (secondary N) is 1. The Balaban J connectivity index is 1.87. The molecule has 0 saturated heterocycles. The van der Waals surface area contributed by atoms with E-state index in [-0.39, 0.29) is 5.76 Å². The molecule has 0 spiro atoms. The molecule has 1 aliphatic carbocycles. The quantitative estimate of drug-likeness (QED) is 0.837. The van der Waals surface area contributed by atoms with Crippen LogP contribution in [0.5, 0.6) is 0 Å². The molecule has 0 saturated carbocycles. The Morgan fingerprint density at radius 3 is 2.95 bits per heavy atom. The maximum Gasteiger partial charge on any atom is 0.372 e. The zero-order valence-corrected chi connectivity index (χ0v) is 11.1. The molecular formula is C16H17NO3. The second-order valence-electron chi connectivity index (χ2n) is 5.07. The lowest BCUT2D eigenvalue weighted by atomic mass is 10.0. The summed E-state index contributed by atoms with van der Waals surface area (Å²) >= 11 is 0. The van der Waals surface area contributed by atoms with Crippen LogP contribution in [0.25, 0.3) is 11.0 Å². The summed E-state index contributed by atoms with van der Waals surface area (Å²) in [5, 5.41) is 13.6. The first-order valence-corrected chi connectivity index (χ1v) is 6.88. The van der Waals surface area contributed by atoms with Crippen LogP contribution in [0.4, 0.5) is 0 Å². The lowest BCUT2D eigenvalue weighted by molar-refractivity contribution is 0.0663. The highest BCUT2D eigenvalue weighted by Gasteiger charge is 2.20. The number of furan rings is 1. The summed E-state index contributed by atoms with van der Waals surface area (Å²) in [6, 6.07) is 7.87. The molecule has 0 aliphatic heterocycles. The Morgan fingerprint density at radius 1 is 1.35 bits per heavy atom. The van der Waals surface area contributed by atoms with Crippen molar-refractivity contribution >= 4 is 16.9 Å². The molecule has 1 atom stereocenters. The summed E-state index contributed by atoms with van der Waals surface area (Å²) in [4.78, 5) is 11.3. The van der Waals surface area contributed by atoms with Crippen molar-refractivity contribution in [2.45, 2.75) is 31.8 Å². The molecule has 3 rings (SSSR count). The van der Waals surface area contributed by atoms with Crippen molar-refractivity contribution < 1.29 is 14.3 Å². The van der Waals surface area contributed by atoms with Crippen molar-refractivity contribution in [3.8, 4) is 0 Å². The van der Waals surface area contributed by atoms with E-state index in [1.165, 1.54) is 0 Å². The Morgan fingerprint density at radius 2 is 2.20 bits per heavy atom. The molecule has 2 N–H and O–H groups in total. The molecule has 0 amide bonds. The Kier molecular flexibility index (Phi) is 3.56. The van der Waals surface area contributed by atoms with Crippen LogP contribution in [0.1, 0.15) is 35.4 Å². The van der Waals surface area contributed by atoms with Gasteiger partial charge in [-0.3, -0.25) is 0 Å². The molecule has 1 aromatic carbocycles. The van der Waals surface area contributed by atoms with Crippen LogP contribution in [-0.4, -0.2) is 17.1 Å². The number of rotatable bonds is 4. The lowest BCUT2D eigenvalue weighted by Crippen LogP contribution is -2.29. The van der Waals surface area contributed by atoms with Crippen molar-refractivity contribution in [1.82, 2.24) is 5.32 Å². The summed E-state index contributed by atoms with van der Waals surface area (Å²) in [5.41, 5.74) is 1.37. The predicted octanol–water partition coefficient (Wildman–Crippen LogP) is 3.33. The highest BCUT2D eigenvalue weighted by molar-refractivity contribution is 5.95. The zero-order chi connectivity index (χ0) is 13.9. The maximum atomic E-state index is 11.3. The van der Waals surface area contributed by atoms with Crippen LogP contribution in [-0.2, 0) is 6.54 Å².